The molecule has 3 aromatic rings. The number of furan rings is 1. The molecule has 1 fully saturated rings. The number of para-hydroxylation sites is 1. The van der Waals surface area contributed by atoms with Crippen LogP contribution in [0, 0.1) is 13.8 Å². The first-order valence-corrected chi connectivity index (χ1v) is 11.9. The lowest BCUT2D eigenvalue weighted by molar-refractivity contribution is -0.128. The molecule has 1 N–H and O–H groups in total. The molecule has 182 valence electrons. The quantitative estimate of drug-likeness (QED) is 0.471. The van der Waals surface area contributed by atoms with Gasteiger partial charge in [-0.25, -0.2) is 4.99 Å². The third kappa shape index (κ3) is 5.51. The van der Waals surface area contributed by atoms with Gasteiger partial charge in [-0.1, -0.05) is 30.0 Å². The highest BCUT2D eigenvalue weighted by atomic mass is 32.2. The van der Waals surface area contributed by atoms with Gasteiger partial charge in [0.15, 0.2) is 5.17 Å². The number of thioether (sulfide) groups is 1. The van der Waals surface area contributed by atoms with E-state index in [-0.39, 0.29) is 24.8 Å². The Kier molecular flexibility index (Phi) is 7.45. The van der Waals surface area contributed by atoms with E-state index in [4.69, 9.17) is 18.9 Å². The Morgan fingerprint density at radius 1 is 1.11 bits per heavy atom. The molecule has 4 rings (SSSR count). The average Bonchev–Trinajstić information content (AvgIpc) is 3.46. The van der Waals surface area contributed by atoms with Crippen molar-refractivity contribution in [3.8, 4) is 11.5 Å². The topological polar surface area (TPSA) is 93.4 Å². The van der Waals surface area contributed by atoms with Crippen LogP contribution in [-0.4, -0.2) is 41.4 Å². The Morgan fingerprint density at radius 2 is 1.89 bits per heavy atom. The van der Waals surface area contributed by atoms with E-state index in [1.165, 1.54) is 18.9 Å². The molecule has 1 saturated heterocycles. The van der Waals surface area contributed by atoms with Crippen LogP contribution in [0.15, 0.2) is 64.2 Å². The second-order valence-electron chi connectivity index (χ2n) is 8.06. The maximum atomic E-state index is 13.4. The predicted molar refractivity (Wildman–Crippen MR) is 136 cm³/mol. The van der Waals surface area contributed by atoms with Crippen molar-refractivity contribution in [2.24, 2.45) is 4.99 Å². The number of carbonyl (C=O) groups excluding carboxylic acids is 2. The highest BCUT2D eigenvalue weighted by Gasteiger charge is 2.39. The van der Waals surface area contributed by atoms with Crippen molar-refractivity contribution in [2.75, 3.05) is 19.5 Å². The van der Waals surface area contributed by atoms with Gasteiger partial charge in [0.1, 0.15) is 22.5 Å². The summed E-state index contributed by atoms with van der Waals surface area (Å²) in [6, 6.07) is 14.6. The number of amidine groups is 1. The minimum absolute atomic E-state index is 0.0148. The molecule has 1 aliphatic rings. The van der Waals surface area contributed by atoms with Gasteiger partial charge in [0, 0.05) is 12.5 Å². The van der Waals surface area contributed by atoms with Crippen LogP contribution in [0.5, 0.6) is 11.5 Å². The van der Waals surface area contributed by atoms with Crippen LogP contribution in [0.2, 0.25) is 0 Å². The molecule has 0 saturated carbocycles. The van der Waals surface area contributed by atoms with Crippen molar-refractivity contribution < 1.29 is 23.5 Å². The van der Waals surface area contributed by atoms with Crippen molar-refractivity contribution in [3.63, 3.8) is 0 Å². The Balaban J connectivity index is 1.56. The van der Waals surface area contributed by atoms with Crippen LogP contribution < -0.4 is 14.8 Å². The number of nitrogens with zero attached hydrogens (tertiary/aromatic N) is 2. The normalized spacial score (nSPS) is 16.6. The number of ether oxygens (including phenoxy) is 2. The van der Waals surface area contributed by atoms with Crippen molar-refractivity contribution in [3.05, 3.63) is 71.7 Å². The van der Waals surface area contributed by atoms with Gasteiger partial charge >= 0.3 is 0 Å². The summed E-state index contributed by atoms with van der Waals surface area (Å²) in [5, 5.41) is 2.77. The van der Waals surface area contributed by atoms with Gasteiger partial charge in [-0.2, -0.15) is 0 Å². The summed E-state index contributed by atoms with van der Waals surface area (Å²) in [5.41, 5.74) is 3.35. The molecule has 0 aliphatic carbocycles. The van der Waals surface area contributed by atoms with E-state index in [1.807, 2.05) is 38.1 Å². The lowest BCUT2D eigenvalue weighted by Gasteiger charge is -2.16. The molecule has 1 aliphatic heterocycles. The van der Waals surface area contributed by atoms with E-state index in [9.17, 15) is 9.59 Å². The second kappa shape index (κ2) is 10.7. The summed E-state index contributed by atoms with van der Waals surface area (Å²) in [5.74, 6) is 1.24. The summed E-state index contributed by atoms with van der Waals surface area (Å²) in [6.45, 7) is 4.21. The number of rotatable bonds is 8. The summed E-state index contributed by atoms with van der Waals surface area (Å²) in [4.78, 5) is 32.7. The maximum absolute atomic E-state index is 13.4. The summed E-state index contributed by atoms with van der Waals surface area (Å²) in [6.07, 6.45) is 1.55. The van der Waals surface area contributed by atoms with Crippen molar-refractivity contribution in [2.45, 2.75) is 32.1 Å². The first kappa shape index (κ1) is 24.4. The van der Waals surface area contributed by atoms with Crippen LogP contribution in [0.1, 0.15) is 23.3 Å². The highest BCUT2D eigenvalue weighted by molar-refractivity contribution is 8.15. The molecule has 0 spiro atoms. The fraction of sp³-hybridized carbons (Fsp3) is 0.269. The van der Waals surface area contributed by atoms with Crippen molar-refractivity contribution in [1.82, 2.24) is 4.90 Å². The van der Waals surface area contributed by atoms with Crippen LogP contribution in [0.25, 0.3) is 0 Å². The minimum atomic E-state index is -0.614. The zero-order valence-electron chi connectivity index (χ0n) is 20.0. The number of hydrogen-bond donors (Lipinski definition) is 1. The Bertz CT molecular complexity index is 1240. The van der Waals surface area contributed by atoms with Crippen molar-refractivity contribution >= 4 is 40.1 Å². The number of anilines is 1. The first-order valence-electron chi connectivity index (χ1n) is 11.1. The maximum Gasteiger partial charge on any atom is 0.243 e. The molecule has 8 nitrogen and oxygen atoms in total. The fourth-order valence-corrected chi connectivity index (χ4v) is 4.92. The SMILES string of the molecule is COc1ccc(NC(=O)CC2SC(=Nc3c(C)cccc3C)N(Cc3ccco3)C2=O)c(OC)c1. The van der Waals surface area contributed by atoms with Gasteiger partial charge in [-0.15, -0.1) is 0 Å². The average molecular weight is 494 g/mol. The highest BCUT2D eigenvalue weighted by Crippen LogP contribution is 2.35. The molecule has 2 heterocycles. The standard InChI is InChI=1S/C26H27N3O5S/c1-16-7-5-8-17(2)24(16)28-26-29(15-19-9-6-12-34-19)25(31)22(35-26)14-23(30)27-20-11-10-18(32-3)13-21(20)33-4/h5-13,22H,14-15H2,1-4H3,(H,27,30). The molecule has 2 amide bonds. The number of aryl methyl sites for hydroxylation is 2. The number of nitrogens with one attached hydrogen (secondary N) is 1. The monoisotopic (exact) mass is 493 g/mol. The van der Waals surface area contributed by atoms with E-state index in [2.05, 4.69) is 5.32 Å². The van der Waals surface area contributed by atoms with E-state index in [1.54, 1.807) is 42.5 Å². The van der Waals surface area contributed by atoms with Gasteiger partial charge in [0.05, 0.1) is 38.4 Å². The summed E-state index contributed by atoms with van der Waals surface area (Å²) < 4.78 is 16.0. The molecule has 35 heavy (non-hydrogen) atoms. The minimum Gasteiger partial charge on any atom is -0.497 e. The molecule has 1 atom stereocenters. The predicted octanol–water partition coefficient (Wildman–Crippen LogP) is 5.07. The number of methoxy groups -OCH3 is 2. The zero-order valence-corrected chi connectivity index (χ0v) is 20.8. The third-order valence-corrected chi connectivity index (χ3v) is 6.79. The second-order valence-corrected chi connectivity index (χ2v) is 9.23. The van der Waals surface area contributed by atoms with Crippen LogP contribution in [-0.2, 0) is 16.1 Å². The molecule has 0 radical (unpaired) electrons. The number of amides is 2. The Hall–Kier alpha value is -3.72. The lowest BCUT2D eigenvalue weighted by Crippen LogP contribution is -2.33. The number of benzene rings is 2. The molecule has 1 unspecified atom stereocenters. The number of aliphatic imine (C=N–C) groups is 1. The van der Waals surface area contributed by atoms with Crippen LogP contribution >= 0.6 is 11.8 Å². The van der Waals surface area contributed by atoms with Gasteiger partial charge < -0.3 is 19.2 Å². The first-order chi connectivity index (χ1) is 16.9. The lowest BCUT2D eigenvalue weighted by atomic mass is 10.1. The van der Waals surface area contributed by atoms with E-state index in [0.29, 0.717) is 28.1 Å². The Labute approximate surface area is 208 Å². The molecule has 1 aromatic heterocycles. The van der Waals surface area contributed by atoms with Gasteiger partial charge in [-0.3, -0.25) is 14.5 Å². The smallest absolute Gasteiger partial charge is 0.243 e. The molecule has 2 aromatic carbocycles. The molecular weight excluding hydrogens is 466 g/mol. The molecule has 0 bridgehead atoms. The largest absolute Gasteiger partial charge is 0.497 e. The van der Waals surface area contributed by atoms with E-state index >= 15 is 0 Å². The van der Waals surface area contributed by atoms with Gasteiger partial charge in [0.2, 0.25) is 11.8 Å². The van der Waals surface area contributed by atoms with E-state index < -0.39 is 5.25 Å². The van der Waals surface area contributed by atoms with Crippen LogP contribution in [0.3, 0.4) is 0 Å². The number of hydrogen-bond acceptors (Lipinski definition) is 7. The van der Waals surface area contributed by atoms with E-state index in [0.717, 1.165) is 16.8 Å². The van der Waals surface area contributed by atoms with Gasteiger partial charge in [0.25, 0.3) is 0 Å². The van der Waals surface area contributed by atoms with Gasteiger partial charge in [-0.05, 0) is 49.2 Å². The zero-order chi connectivity index (χ0) is 24.9. The van der Waals surface area contributed by atoms with Crippen LogP contribution in [0.4, 0.5) is 11.4 Å². The molecular formula is C26H27N3O5S. The third-order valence-electron chi connectivity index (χ3n) is 5.61. The number of carbonyl (C=O) groups is 2. The Morgan fingerprint density at radius 3 is 2.54 bits per heavy atom. The summed E-state index contributed by atoms with van der Waals surface area (Å²) >= 11 is 1.29. The summed E-state index contributed by atoms with van der Waals surface area (Å²) in [7, 11) is 3.07. The fourth-order valence-electron chi connectivity index (χ4n) is 3.78. The van der Waals surface area contributed by atoms with Crippen molar-refractivity contribution in [1.29, 1.82) is 0 Å². The molecule has 9 heteroatoms.